The number of aromatic nitrogens is 1. The van der Waals surface area contributed by atoms with E-state index in [9.17, 15) is 12.8 Å². The Balaban J connectivity index is 1.69. The van der Waals surface area contributed by atoms with Crippen molar-refractivity contribution < 1.29 is 17.2 Å². The number of aryl methyl sites for hydroxylation is 2. The molecule has 3 rings (SSSR count). The Morgan fingerprint density at radius 1 is 1.20 bits per heavy atom. The fourth-order valence-corrected chi connectivity index (χ4v) is 4.70. The molecule has 0 radical (unpaired) electrons. The Morgan fingerprint density at radius 2 is 1.96 bits per heavy atom. The number of halogens is 1. The number of thiophene rings is 1. The Kier molecular flexibility index (Phi) is 5.03. The Bertz CT molecular complexity index is 993. The molecule has 3 aromatic rings. The summed E-state index contributed by atoms with van der Waals surface area (Å²) in [6.45, 7) is 3.76. The average molecular weight is 380 g/mol. The molecule has 25 heavy (non-hydrogen) atoms. The van der Waals surface area contributed by atoms with Crippen LogP contribution in [0.1, 0.15) is 16.3 Å². The van der Waals surface area contributed by atoms with Gasteiger partial charge in [0, 0.05) is 17.8 Å². The number of nitrogens with one attached hydrogen (secondary N) is 1. The summed E-state index contributed by atoms with van der Waals surface area (Å²) in [5, 5.41) is 0. The molecule has 0 fully saturated rings. The van der Waals surface area contributed by atoms with Crippen molar-refractivity contribution in [2.24, 2.45) is 0 Å². The van der Waals surface area contributed by atoms with E-state index in [1.165, 1.54) is 17.4 Å². The third-order valence-corrected chi connectivity index (χ3v) is 6.58. The molecule has 5 nitrogen and oxygen atoms in total. The van der Waals surface area contributed by atoms with E-state index in [0.717, 1.165) is 4.88 Å². The number of hydrogen-bond acceptors (Lipinski definition) is 5. The molecule has 2 aromatic heterocycles. The first-order valence-corrected chi connectivity index (χ1v) is 9.94. The van der Waals surface area contributed by atoms with Crippen molar-refractivity contribution in [3.8, 4) is 11.5 Å². The van der Waals surface area contributed by atoms with Crippen molar-refractivity contribution in [2.45, 2.75) is 24.5 Å². The first-order chi connectivity index (χ1) is 11.9. The quantitative estimate of drug-likeness (QED) is 0.708. The van der Waals surface area contributed by atoms with E-state index in [4.69, 9.17) is 4.42 Å². The molecule has 0 aliphatic heterocycles. The van der Waals surface area contributed by atoms with Gasteiger partial charge in [-0.3, -0.25) is 0 Å². The number of benzene rings is 1. The molecule has 1 aromatic carbocycles. The minimum absolute atomic E-state index is 0.184. The smallest absolute Gasteiger partial charge is 0.250 e. The van der Waals surface area contributed by atoms with Crippen LogP contribution < -0.4 is 4.72 Å². The topological polar surface area (TPSA) is 72.2 Å². The Labute approximate surface area is 149 Å². The Hall–Kier alpha value is -2.03. The molecule has 0 unspecified atom stereocenters. The van der Waals surface area contributed by atoms with Crippen LogP contribution in [0.5, 0.6) is 0 Å². The molecular formula is C17H17FN2O3S2. The highest BCUT2D eigenvalue weighted by molar-refractivity contribution is 7.91. The van der Waals surface area contributed by atoms with Gasteiger partial charge in [-0.05, 0) is 38.1 Å². The lowest BCUT2D eigenvalue weighted by atomic mass is 10.2. The number of oxazole rings is 1. The highest BCUT2D eigenvalue weighted by atomic mass is 32.2. The molecule has 0 spiro atoms. The van der Waals surface area contributed by atoms with Crippen LogP contribution >= 0.6 is 11.3 Å². The maximum absolute atomic E-state index is 13.8. The standard InChI is InChI=1S/C17H17FN2O3S2/c1-11-7-8-16(24-11)25(21,22)19-10-9-15-12(2)23-17(20-15)13-5-3-4-6-14(13)18/h3-8,19H,9-10H2,1-2H3. The molecule has 0 amide bonds. The third kappa shape index (κ3) is 3.97. The molecule has 0 saturated heterocycles. The lowest BCUT2D eigenvalue weighted by Crippen LogP contribution is -2.25. The van der Waals surface area contributed by atoms with E-state index in [1.54, 1.807) is 37.3 Å². The first-order valence-electron chi connectivity index (χ1n) is 7.64. The van der Waals surface area contributed by atoms with Gasteiger partial charge in [-0.2, -0.15) is 0 Å². The molecule has 0 bridgehead atoms. The zero-order chi connectivity index (χ0) is 18.0. The summed E-state index contributed by atoms with van der Waals surface area (Å²) in [6, 6.07) is 9.57. The lowest BCUT2D eigenvalue weighted by Gasteiger charge is -2.03. The van der Waals surface area contributed by atoms with Gasteiger partial charge in [-0.25, -0.2) is 22.5 Å². The number of rotatable bonds is 6. The van der Waals surface area contributed by atoms with Crippen LogP contribution in [0.15, 0.2) is 45.0 Å². The van der Waals surface area contributed by atoms with Gasteiger partial charge >= 0.3 is 0 Å². The van der Waals surface area contributed by atoms with Gasteiger partial charge in [0.25, 0.3) is 0 Å². The maximum atomic E-state index is 13.8. The zero-order valence-corrected chi connectivity index (χ0v) is 15.4. The number of nitrogens with zero attached hydrogens (tertiary/aromatic N) is 1. The predicted molar refractivity (Wildman–Crippen MR) is 94.6 cm³/mol. The molecule has 0 aliphatic rings. The van der Waals surface area contributed by atoms with Gasteiger partial charge < -0.3 is 4.42 Å². The molecule has 0 atom stereocenters. The predicted octanol–water partition coefficient (Wildman–Crippen LogP) is 3.68. The summed E-state index contributed by atoms with van der Waals surface area (Å²) >= 11 is 1.22. The summed E-state index contributed by atoms with van der Waals surface area (Å²) in [5.41, 5.74) is 0.884. The highest BCUT2D eigenvalue weighted by Gasteiger charge is 2.18. The average Bonchev–Trinajstić information content (AvgIpc) is 3.15. The second-order valence-corrected chi connectivity index (χ2v) is 8.80. The van der Waals surface area contributed by atoms with Crippen LogP contribution in [0.4, 0.5) is 4.39 Å². The fraction of sp³-hybridized carbons (Fsp3) is 0.235. The summed E-state index contributed by atoms with van der Waals surface area (Å²) in [5.74, 6) is 0.329. The summed E-state index contributed by atoms with van der Waals surface area (Å²) in [4.78, 5) is 5.23. The van der Waals surface area contributed by atoms with E-state index in [2.05, 4.69) is 9.71 Å². The second kappa shape index (κ2) is 7.07. The number of sulfonamides is 1. The van der Waals surface area contributed by atoms with Crippen molar-refractivity contribution in [1.82, 2.24) is 9.71 Å². The monoisotopic (exact) mass is 380 g/mol. The van der Waals surface area contributed by atoms with Crippen molar-refractivity contribution in [3.63, 3.8) is 0 Å². The van der Waals surface area contributed by atoms with Gasteiger partial charge in [0.1, 0.15) is 15.8 Å². The summed E-state index contributed by atoms with van der Waals surface area (Å²) in [6.07, 6.45) is 0.355. The number of hydrogen-bond donors (Lipinski definition) is 1. The zero-order valence-electron chi connectivity index (χ0n) is 13.7. The van der Waals surface area contributed by atoms with E-state index >= 15 is 0 Å². The van der Waals surface area contributed by atoms with Crippen LogP contribution in [0.2, 0.25) is 0 Å². The van der Waals surface area contributed by atoms with Crippen molar-refractivity contribution in [1.29, 1.82) is 0 Å². The Morgan fingerprint density at radius 3 is 2.64 bits per heavy atom. The van der Waals surface area contributed by atoms with E-state index in [1.807, 2.05) is 6.92 Å². The van der Waals surface area contributed by atoms with E-state index < -0.39 is 15.8 Å². The SMILES string of the molecule is Cc1ccc(S(=O)(=O)NCCc2nc(-c3ccccc3F)oc2C)s1. The highest BCUT2D eigenvalue weighted by Crippen LogP contribution is 2.24. The van der Waals surface area contributed by atoms with Gasteiger partial charge in [-0.1, -0.05) is 12.1 Å². The molecule has 0 aliphatic carbocycles. The van der Waals surface area contributed by atoms with Crippen LogP contribution in [0.3, 0.4) is 0 Å². The van der Waals surface area contributed by atoms with Crippen LogP contribution in [-0.2, 0) is 16.4 Å². The fourth-order valence-electron chi connectivity index (χ4n) is 2.34. The van der Waals surface area contributed by atoms with Crippen LogP contribution in [0.25, 0.3) is 11.5 Å². The summed E-state index contributed by atoms with van der Waals surface area (Å²) in [7, 11) is -3.52. The van der Waals surface area contributed by atoms with E-state index in [0.29, 0.717) is 17.9 Å². The van der Waals surface area contributed by atoms with Crippen molar-refractivity contribution in [3.05, 3.63) is 58.5 Å². The van der Waals surface area contributed by atoms with Crippen molar-refractivity contribution in [2.75, 3.05) is 6.54 Å². The van der Waals surface area contributed by atoms with Gasteiger partial charge in [0.15, 0.2) is 0 Å². The van der Waals surface area contributed by atoms with Gasteiger partial charge in [0.05, 0.1) is 11.3 Å². The molecule has 132 valence electrons. The molecule has 8 heteroatoms. The van der Waals surface area contributed by atoms with Gasteiger partial charge in [-0.15, -0.1) is 11.3 Å². The van der Waals surface area contributed by atoms with Crippen molar-refractivity contribution >= 4 is 21.4 Å². The molecular weight excluding hydrogens is 363 g/mol. The normalized spacial score (nSPS) is 11.8. The largest absolute Gasteiger partial charge is 0.441 e. The van der Waals surface area contributed by atoms with Crippen LogP contribution in [0, 0.1) is 19.7 Å². The van der Waals surface area contributed by atoms with Crippen LogP contribution in [-0.4, -0.2) is 19.9 Å². The lowest BCUT2D eigenvalue weighted by molar-refractivity contribution is 0.531. The minimum Gasteiger partial charge on any atom is -0.441 e. The molecule has 2 heterocycles. The van der Waals surface area contributed by atoms with Gasteiger partial charge in [0.2, 0.25) is 15.9 Å². The summed E-state index contributed by atoms with van der Waals surface area (Å²) < 4.78 is 46.6. The molecule has 0 saturated carbocycles. The minimum atomic E-state index is -3.52. The third-order valence-electron chi connectivity index (χ3n) is 3.63. The molecule has 1 N–H and O–H groups in total. The maximum Gasteiger partial charge on any atom is 0.250 e. The first kappa shape index (κ1) is 17.8. The second-order valence-electron chi connectivity index (χ2n) is 5.51. The van der Waals surface area contributed by atoms with E-state index in [-0.39, 0.29) is 22.2 Å².